The van der Waals surface area contributed by atoms with Gasteiger partial charge >= 0.3 is 0 Å². The van der Waals surface area contributed by atoms with Crippen LogP contribution >= 0.6 is 0 Å². The molecule has 2 fully saturated rings. The van der Waals surface area contributed by atoms with Crippen LogP contribution in [0.15, 0.2) is 0 Å². The summed E-state index contributed by atoms with van der Waals surface area (Å²) in [5.41, 5.74) is 0.577. The Morgan fingerprint density at radius 1 is 1.36 bits per heavy atom. The Kier molecular flexibility index (Phi) is 3.10. The van der Waals surface area contributed by atoms with Crippen LogP contribution in [0, 0.1) is 11.3 Å². The molecule has 0 aliphatic carbocycles. The van der Waals surface area contributed by atoms with Gasteiger partial charge in [0, 0.05) is 44.9 Å². The highest BCUT2D eigenvalue weighted by Crippen LogP contribution is 2.39. The summed E-state index contributed by atoms with van der Waals surface area (Å²) in [5, 5.41) is 8.96. The molecule has 2 aliphatic rings. The van der Waals surface area contributed by atoms with E-state index >= 15 is 0 Å². The van der Waals surface area contributed by atoms with Crippen LogP contribution in [0.25, 0.3) is 0 Å². The number of hydrogen-bond acceptors (Lipinski definition) is 3. The van der Waals surface area contributed by atoms with Crippen LogP contribution in [0.5, 0.6) is 0 Å². The number of ether oxygens (including phenoxy) is 1. The van der Waals surface area contributed by atoms with Crippen LogP contribution in [0.4, 0.5) is 0 Å². The van der Waals surface area contributed by atoms with Crippen molar-refractivity contribution in [3.8, 4) is 0 Å². The van der Waals surface area contributed by atoms with Crippen LogP contribution in [-0.2, 0) is 4.74 Å². The molecule has 1 spiro atoms. The maximum atomic E-state index is 8.96. The number of nitrogens with zero attached hydrogens (tertiary/aromatic N) is 1. The second-order valence-electron chi connectivity index (χ2n) is 5.07. The molecule has 14 heavy (non-hydrogen) atoms. The van der Waals surface area contributed by atoms with Gasteiger partial charge in [-0.3, -0.25) is 0 Å². The first kappa shape index (κ1) is 10.4. The minimum atomic E-state index is 0.312. The molecule has 2 heterocycles. The lowest BCUT2D eigenvalue weighted by Crippen LogP contribution is -2.59. The van der Waals surface area contributed by atoms with E-state index in [2.05, 4.69) is 11.8 Å². The zero-order valence-corrected chi connectivity index (χ0v) is 9.04. The third-order valence-electron chi connectivity index (χ3n) is 3.55. The zero-order valence-electron chi connectivity index (χ0n) is 9.04. The second-order valence-corrected chi connectivity index (χ2v) is 5.07. The lowest BCUT2D eigenvalue weighted by molar-refractivity contribution is -0.0860. The van der Waals surface area contributed by atoms with Gasteiger partial charge in [0.2, 0.25) is 0 Å². The molecular formula is C11H21NO2. The number of likely N-dealkylation sites (tertiary alicyclic amines) is 1. The van der Waals surface area contributed by atoms with Crippen molar-refractivity contribution in [2.45, 2.75) is 19.8 Å². The molecule has 0 bridgehead atoms. The molecule has 0 saturated carbocycles. The Morgan fingerprint density at radius 2 is 2.00 bits per heavy atom. The normalized spacial score (nSPS) is 28.7. The predicted octanol–water partition coefficient (Wildman–Crippen LogP) is 0.727. The molecule has 3 heteroatoms. The molecule has 0 radical (unpaired) electrons. The molecule has 1 unspecified atom stereocenters. The van der Waals surface area contributed by atoms with Crippen molar-refractivity contribution in [2.24, 2.45) is 11.3 Å². The van der Waals surface area contributed by atoms with Crippen LogP contribution in [-0.4, -0.2) is 49.5 Å². The fourth-order valence-corrected chi connectivity index (χ4v) is 2.65. The van der Waals surface area contributed by atoms with Crippen molar-refractivity contribution in [3.05, 3.63) is 0 Å². The summed E-state index contributed by atoms with van der Waals surface area (Å²) in [4.78, 5) is 2.46. The van der Waals surface area contributed by atoms with Crippen LogP contribution in [0.1, 0.15) is 19.8 Å². The van der Waals surface area contributed by atoms with Crippen LogP contribution < -0.4 is 0 Å². The van der Waals surface area contributed by atoms with E-state index in [0.29, 0.717) is 17.9 Å². The van der Waals surface area contributed by atoms with E-state index in [1.807, 2.05) is 0 Å². The van der Waals surface area contributed by atoms with Gasteiger partial charge in [-0.05, 0) is 18.8 Å². The highest BCUT2D eigenvalue weighted by molar-refractivity contribution is 4.96. The summed E-state index contributed by atoms with van der Waals surface area (Å²) in [5.74, 6) is 0.423. The van der Waals surface area contributed by atoms with Gasteiger partial charge in [0.25, 0.3) is 0 Å². The van der Waals surface area contributed by atoms with Gasteiger partial charge in [0.1, 0.15) is 0 Å². The summed E-state index contributed by atoms with van der Waals surface area (Å²) in [7, 11) is 0. The highest BCUT2D eigenvalue weighted by Gasteiger charge is 2.43. The van der Waals surface area contributed by atoms with Crippen molar-refractivity contribution < 1.29 is 9.84 Å². The Balaban J connectivity index is 1.72. The molecule has 3 nitrogen and oxygen atoms in total. The third kappa shape index (κ3) is 2.10. The van der Waals surface area contributed by atoms with Gasteiger partial charge in [-0.25, -0.2) is 0 Å². The number of hydrogen-bond donors (Lipinski definition) is 1. The second kappa shape index (κ2) is 4.17. The molecule has 2 saturated heterocycles. The summed E-state index contributed by atoms with van der Waals surface area (Å²) >= 11 is 0. The molecule has 1 atom stereocenters. The first-order valence-corrected chi connectivity index (χ1v) is 5.65. The van der Waals surface area contributed by atoms with E-state index in [1.165, 1.54) is 25.9 Å². The topological polar surface area (TPSA) is 32.7 Å². The van der Waals surface area contributed by atoms with Gasteiger partial charge in [-0.2, -0.15) is 0 Å². The smallest absolute Gasteiger partial charge is 0.0472 e. The van der Waals surface area contributed by atoms with Gasteiger partial charge in [0.15, 0.2) is 0 Å². The fraction of sp³-hybridized carbons (Fsp3) is 1.00. The summed E-state index contributed by atoms with van der Waals surface area (Å²) in [6, 6.07) is 0. The molecular weight excluding hydrogens is 178 g/mol. The highest BCUT2D eigenvalue weighted by atomic mass is 16.5. The van der Waals surface area contributed by atoms with E-state index in [4.69, 9.17) is 9.84 Å². The summed E-state index contributed by atoms with van der Waals surface area (Å²) in [6.45, 7) is 7.81. The van der Waals surface area contributed by atoms with E-state index in [-0.39, 0.29) is 0 Å². The monoisotopic (exact) mass is 199 g/mol. The van der Waals surface area contributed by atoms with Crippen molar-refractivity contribution in [1.82, 2.24) is 4.90 Å². The Morgan fingerprint density at radius 3 is 2.57 bits per heavy atom. The summed E-state index contributed by atoms with van der Waals surface area (Å²) in [6.07, 6.45) is 2.47. The first-order chi connectivity index (χ1) is 6.74. The quantitative estimate of drug-likeness (QED) is 0.727. The largest absolute Gasteiger partial charge is 0.396 e. The van der Waals surface area contributed by atoms with Gasteiger partial charge < -0.3 is 14.7 Å². The fourth-order valence-electron chi connectivity index (χ4n) is 2.65. The maximum absolute atomic E-state index is 8.96. The molecule has 2 aliphatic heterocycles. The molecule has 0 aromatic carbocycles. The van der Waals surface area contributed by atoms with Gasteiger partial charge in [-0.1, -0.05) is 6.92 Å². The molecule has 1 N–H and O–H groups in total. The Labute approximate surface area is 86.0 Å². The van der Waals surface area contributed by atoms with Crippen LogP contribution in [0.3, 0.4) is 0 Å². The summed E-state index contributed by atoms with van der Waals surface area (Å²) < 4.78 is 5.38. The molecule has 0 aromatic heterocycles. The van der Waals surface area contributed by atoms with Crippen molar-refractivity contribution >= 4 is 0 Å². The van der Waals surface area contributed by atoms with E-state index < -0.39 is 0 Å². The molecule has 0 aromatic rings. The molecule has 0 amide bonds. The predicted molar refractivity (Wildman–Crippen MR) is 55.2 cm³/mol. The van der Waals surface area contributed by atoms with E-state index in [1.54, 1.807) is 0 Å². The minimum absolute atomic E-state index is 0.312. The third-order valence-corrected chi connectivity index (χ3v) is 3.55. The lowest BCUT2D eigenvalue weighted by atomic mass is 9.73. The Hall–Kier alpha value is -0.120. The lowest BCUT2D eigenvalue weighted by Gasteiger charge is -2.53. The number of aliphatic hydroxyl groups is 1. The SMILES string of the molecule is CC(CO)CN1CC2(CCOCC2)C1. The first-order valence-electron chi connectivity index (χ1n) is 5.65. The molecule has 82 valence electrons. The average Bonchev–Trinajstić information content (AvgIpc) is 2.17. The number of rotatable bonds is 3. The van der Waals surface area contributed by atoms with Crippen LogP contribution in [0.2, 0.25) is 0 Å². The maximum Gasteiger partial charge on any atom is 0.0472 e. The number of aliphatic hydroxyl groups excluding tert-OH is 1. The standard InChI is InChI=1S/C11H21NO2/c1-10(7-13)6-12-8-11(9-12)2-4-14-5-3-11/h10,13H,2-9H2,1H3. The Bertz CT molecular complexity index is 182. The van der Waals surface area contributed by atoms with E-state index in [0.717, 1.165) is 19.8 Å². The van der Waals surface area contributed by atoms with Gasteiger partial charge in [0.05, 0.1) is 0 Å². The van der Waals surface area contributed by atoms with Crippen molar-refractivity contribution in [2.75, 3.05) is 39.5 Å². The molecule has 2 rings (SSSR count). The van der Waals surface area contributed by atoms with Crippen molar-refractivity contribution in [1.29, 1.82) is 0 Å². The van der Waals surface area contributed by atoms with E-state index in [9.17, 15) is 0 Å². The average molecular weight is 199 g/mol. The van der Waals surface area contributed by atoms with Crippen molar-refractivity contribution in [3.63, 3.8) is 0 Å². The zero-order chi connectivity index (χ0) is 10.0. The minimum Gasteiger partial charge on any atom is -0.396 e. The van der Waals surface area contributed by atoms with Gasteiger partial charge in [-0.15, -0.1) is 0 Å².